The number of hydrogen-bond donors (Lipinski definition) is 1. The highest BCUT2D eigenvalue weighted by atomic mass is 32.1. The van der Waals surface area contributed by atoms with Gasteiger partial charge >= 0.3 is 0 Å². The van der Waals surface area contributed by atoms with Crippen LogP contribution < -0.4 is 0 Å². The van der Waals surface area contributed by atoms with Gasteiger partial charge in [-0.1, -0.05) is 12.2 Å². The number of β-amino-alcohol motifs (C(OH)–C–C–N with tert-alkyl or cyclic N) is 1. The highest BCUT2D eigenvalue weighted by Crippen LogP contribution is 2.08. The molecule has 1 amide bonds. The Morgan fingerprint density at radius 3 is 2.92 bits per heavy atom. The van der Waals surface area contributed by atoms with Crippen molar-refractivity contribution in [2.45, 2.75) is 6.10 Å². The van der Waals surface area contributed by atoms with E-state index in [4.69, 9.17) is 5.11 Å². The van der Waals surface area contributed by atoms with Crippen LogP contribution in [-0.4, -0.2) is 46.6 Å². The molecule has 1 heterocycles. The number of ether oxygens (including phenoxy) is 1. The smallest absolute Gasteiger partial charge is 0.294 e. The van der Waals surface area contributed by atoms with Crippen LogP contribution in [0.5, 0.6) is 0 Å². The van der Waals surface area contributed by atoms with Gasteiger partial charge in [0.15, 0.2) is 6.73 Å². The van der Waals surface area contributed by atoms with Crippen molar-refractivity contribution in [3.63, 3.8) is 0 Å². The minimum absolute atomic E-state index is 0.0236. The molecule has 0 bridgehead atoms. The predicted octanol–water partition coefficient (Wildman–Crippen LogP) is -1.31. The predicted molar refractivity (Wildman–Crippen MR) is 42.3 cm³/mol. The molecule has 0 spiro atoms. The number of rotatable bonds is 3. The molecule has 1 fully saturated rings. The summed E-state index contributed by atoms with van der Waals surface area (Å²) >= 11 is 4.61. The van der Waals surface area contributed by atoms with Gasteiger partial charge in [0, 0.05) is 0 Å². The molecule has 0 saturated carbocycles. The van der Waals surface area contributed by atoms with Crippen LogP contribution in [0.3, 0.4) is 0 Å². The van der Waals surface area contributed by atoms with Crippen LogP contribution >= 0.6 is 12.2 Å². The maximum Gasteiger partial charge on any atom is 0.294 e. The van der Waals surface area contributed by atoms with E-state index in [2.05, 4.69) is 17.0 Å². The van der Waals surface area contributed by atoms with Crippen molar-refractivity contribution in [2.24, 2.45) is 0 Å². The molecule has 1 rings (SSSR count). The zero-order chi connectivity index (χ0) is 9.14. The Morgan fingerprint density at radius 2 is 2.50 bits per heavy atom. The molecule has 66 valence electrons. The largest absolute Gasteiger partial charge is 0.446 e. The minimum atomic E-state index is -0.914. The standard InChI is InChI=1S/C6H7NO4S/c8-3-11-2-7-1-4(9)5(12)6(7)10/h3-4,9H,1-2H2. The number of aliphatic hydroxyl groups is 1. The van der Waals surface area contributed by atoms with Crippen molar-refractivity contribution in [2.75, 3.05) is 13.3 Å². The van der Waals surface area contributed by atoms with Crippen molar-refractivity contribution >= 4 is 29.5 Å². The Kier molecular flexibility index (Phi) is 2.72. The second kappa shape index (κ2) is 3.59. The summed E-state index contributed by atoms with van der Waals surface area (Å²) in [6.07, 6.45) is -0.914. The number of amides is 1. The first-order valence-electron chi connectivity index (χ1n) is 3.23. The van der Waals surface area contributed by atoms with Gasteiger partial charge in [0.1, 0.15) is 11.0 Å². The first-order chi connectivity index (χ1) is 5.66. The highest BCUT2D eigenvalue weighted by molar-refractivity contribution is 7.82. The number of carbonyl (C=O) groups excluding carboxylic acids is 2. The summed E-state index contributed by atoms with van der Waals surface area (Å²) in [4.78, 5) is 22.0. The molecule has 0 aromatic rings. The number of carbonyl (C=O) groups is 2. The number of aliphatic hydroxyl groups excluding tert-OH is 1. The minimum Gasteiger partial charge on any atom is -0.446 e. The lowest BCUT2D eigenvalue weighted by atomic mass is 10.3. The molecule has 12 heavy (non-hydrogen) atoms. The van der Waals surface area contributed by atoms with E-state index in [1.807, 2.05) is 0 Å². The van der Waals surface area contributed by atoms with Gasteiger partial charge in [-0.3, -0.25) is 9.59 Å². The van der Waals surface area contributed by atoms with Crippen LogP contribution in [0.15, 0.2) is 0 Å². The summed E-state index contributed by atoms with van der Waals surface area (Å²) < 4.78 is 4.34. The second-order valence-corrected chi connectivity index (χ2v) is 2.74. The Hall–Kier alpha value is -1.01. The molecule has 1 aliphatic heterocycles. The fraction of sp³-hybridized carbons (Fsp3) is 0.500. The molecule has 0 aliphatic carbocycles. The van der Waals surface area contributed by atoms with Gasteiger partial charge < -0.3 is 14.7 Å². The number of thiocarbonyl (C=S) groups is 1. The van der Waals surface area contributed by atoms with Gasteiger partial charge in [-0.25, -0.2) is 0 Å². The molecule has 5 nitrogen and oxygen atoms in total. The Bertz CT molecular complexity index is 230. The fourth-order valence-corrected chi connectivity index (χ4v) is 1.11. The SMILES string of the molecule is O=COCN1CC(O)C(=S)C1=O. The molecule has 0 aromatic heterocycles. The van der Waals surface area contributed by atoms with Crippen molar-refractivity contribution < 1.29 is 19.4 Å². The molecule has 1 N–H and O–H groups in total. The first-order valence-corrected chi connectivity index (χ1v) is 3.64. The summed E-state index contributed by atoms with van der Waals surface area (Å²) in [7, 11) is 0. The number of nitrogens with zero attached hydrogens (tertiary/aromatic N) is 1. The Balaban J connectivity index is 2.53. The molecule has 1 saturated heterocycles. The van der Waals surface area contributed by atoms with Gasteiger partial charge in [0.25, 0.3) is 12.4 Å². The lowest BCUT2D eigenvalue weighted by molar-refractivity contribution is -0.138. The maximum absolute atomic E-state index is 11.1. The van der Waals surface area contributed by atoms with E-state index in [9.17, 15) is 9.59 Å². The zero-order valence-corrected chi connectivity index (χ0v) is 6.91. The molecule has 1 atom stereocenters. The number of likely N-dealkylation sites (tertiary alicyclic amines) is 1. The van der Waals surface area contributed by atoms with Gasteiger partial charge in [-0.05, 0) is 0 Å². The third-order valence-corrected chi connectivity index (χ3v) is 1.94. The first kappa shape index (κ1) is 9.08. The summed E-state index contributed by atoms with van der Waals surface area (Å²) in [6, 6.07) is 0. The highest BCUT2D eigenvalue weighted by Gasteiger charge is 2.33. The second-order valence-electron chi connectivity index (χ2n) is 2.30. The van der Waals surface area contributed by atoms with E-state index in [1.54, 1.807) is 0 Å². The molecule has 0 aromatic carbocycles. The summed E-state index contributed by atoms with van der Waals surface area (Å²) in [6.45, 7) is 0.187. The molecular formula is C6H7NO4S. The van der Waals surface area contributed by atoms with Crippen molar-refractivity contribution in [3.8, 4) is 0 Å². The van der Waals surface area contributed by atoms with E-state index in [0.717, 1.165) is 0 Å². The maximum atomic E-state index is 11.1. The monoisotopic (exact) mass is 189 g/mol. The fourth-order valence-electron chi connectivity index (χ4n) is 0.905. The van der Waals surface area contributed by atoms with Crippen LogP contribution in [0, 0.1) is 0 Å². The van der Waals surface area contributed by atoms with E-state index < -0.39 is 12.0 Å². The molecule has 1 unspecified atom stereocenters. The third-order valence-electron chi connectivity index (χ3n) is 1.49. The van der Waals surface area contributed by atoms with E-state index in [1.165, 1.54) is 4.90 Å². The molecule has 1 aliphatic rings. The van der Waals surface area contributed by atoms with E-state index >= 15 is 0 Å². The normalized spacial score (nSPS) is 23.1. The van der Waals surface area contributed by atoms with E-state index in [0.29, 0.717) is 0 Å². The van der Waals surface area contributed by atoms with Crippen molar-refractivity contribution in [3.05, 3.63) is 0 Å². The summed E-state index contributed by atoms with van der Waals surface area (Å²) in [5.41, 5.74) is 0. The summed E-state index contributed by atoms with van der Waals surface area (Å²) in [5, 5.41) is 9.09. The molecule has 0 radical (unpaired) electrons. The number of hydrogen-bond acceptors (Lipinski definition) is 5. The van der Waals surface area contributed by atoms with Gasteiger partial charge in [-0.2, -0.15) is 0 Å². The van der Waals surface area contributed by atoms with Crippen LogP contribution in [0.1, 0.15) is 0 Å². The summed E-state index contributed by atoms with van der Waals surface area (Å²) in [5.74, 6) is -0.445. The van der Waals surface area contributed by atoms with Crippen molar-refractivity contribution in [1.29, 1.82) is 0 Å². The van der Waals surface area contributed by atoms with Crippen LogP contribution in [0.25, 0.3) is 0 Å². The third kappa shape index (κ3) is 1.59. The lowest BCUT2D eigenvalue weighted by Crippen LogP contribution is -2.29. The van der Waals surface area contributed by atoms with Crippen LogP contribution in [-0.2, 0) is 14.3 Å². The topological polar surface area (TPSA) is 66.8 Å². The molecular weight excluding hydrogens is 182 g/mol. The van der Waals surface area contributed by atoms with E-state index in [-0.39, 0.29) is 24.6 Å². The van der Waals surface area contributed by atoms with Gasteiger partial charge in [0.2, 0.25) is 0 Å². The van der Waals surface area contributed by atoms with Crippen LogP contribution in [0.2, 0.25) is 0 Å². The van der Waals surface area contributed by atoms with Crippen molar-refractivity contribution in [1.82, 2.24) is 4.90 Å². The average molecular weight is 189 g/mol. The Labute approximate surface area is 73.9 Å². The van der Waals surface area contributed by atoms with Gasteiger partial charge in [0.05, 0.1) is 6.54 Å². The van der Waals surface area contributed by atoms with Gasteiger partial charge in [-0.15, -0.1) is 0 Å². The quantitative estimate of drug-likeness (QED) is 0.441. The Morgan fingerprint density at radius 1 is 1.83 bits per heavy atom. The average Bonchev–Trinajstić information content (AvgIpc) is 2.30. The van der Waals surface area contributed by atoms with Crippen LogP contribution in [0.4, 0.5) is 0 Å². The lowest BCUT2D eigenvalue weighted by Gasteiger charge is -2.11. The molecule has 6 heteroatoms. The zero-order valence-electron chi connectivity index (χ0n) is 6.10.